The van der Waals surface area contributed by atoms with Gasteiger partial charge in [-0.2, -0.15) is 0 Å². The SMILES string of the molecule is CC1CC1NS(=O)(=O)c1cc(Cl)c(Br)s1. The summed E-state index contributed by atoms with van der Waals surface area (Å²) in [6.45, 7) is 2.02. The summed E-state index contributed by atoms with van der Waals surface area (Å²) in [5, 5.41) is 0.434. The Balaban J connectivity index is 2.21. The topological polar surface area (TPSA) is 46.2 Å². The highest BCUT2D eigenvalue weighted by Crippen LogP contribution is 2.36. The Morgan fingerprint density at radius 1 is 1.67 bits per heavy atom. The summed E-state index contributed by atoms with van der Waals surface area (Å²) < 4.78 is 27.2. The van der Waals surface area contributed by atoms with Crippen molar-refractivity contribution in [2.45, 2.75) is 23.6 Å². The third-order valence-corrected chi connectivity index (χ3v) is 6.74. The van der Waals surface area contributed by atoms with Gasteiger partial charge >= 0.3 is 0 Å². The van der Waals surface area contributed by atoms with Crippen LogP contribution < -0.4 is 4.72 Å². The molecule has 1 aromatic rings. The molecule has 0 spiro atoms. The zero-order chi connectivity index (χ0) is 11.2. The van der Waals surface area contributed by atoms with Crippen LogP contribution in [0, 0.1) is 5.92 Å². The second-order valence-corrected chi connectivity index (χ2v) is 8.35. The van der Waals surface area contributed by atoms with Crippen LogP contribution in [0.25, 0.3) is 0 Å². The smallest absolute Gasteiger partial charge is 0.207 e. The predicted molar refractivity (Wildman–Crippen MR) is 64.9 cm³/mol. The van der Waals surface area contributed by atoms with Crippen molar-refractivity contribution in [1.82, 2.24) is 4.72 Å². The van der Waals surface area contributed by atoms with Crippen LogP contribution in [0.1, 0.15) is 13.3 Å². The first-order chi connectivity index (χ1) is 6.90. The Hall–Kier alpha value is 0.380. The van der Waals surface area contributed by atoms with Gasteiger partial charge in [0.1, 0.15) is 4.21 Å². The molecule has 1 aromatic heterocycles. The van der Waals surface area contributed by atoms with E-state index in [-0.39, 0.29) is 10.3 Å². The van der Waals surface area contributed by atoms with Crippen LogP contribution in [0.4, 0.5) is 0 Å². The van der Waals surface area contributed by atoms with E-state index < -0.39 is 10.0 Å². The zero-order valence-electron chi connectivity index (χ0n) is 7.83. The lowest BCUT2D eigenvalue weighted by molar-refractivity contribution is 0.580. The average molecular weight is 331 g/mol. The Labute approximate surface area is 106 Å². The Bertz CT molecular complexity index is 465. The molecule has 2 rings (SSSR count). The van der Waals surface area contributed by atoms with Gasteiger partial charge < -0.3 is 0 Å². The van der Waals surface area contributed by atoms with E-state index >= 15 is 0 Å². The summed E-state index contributed by atoms with van der Waals surface area (Å²) >= 11 is 10.1. The molecule has 1 fully saturated rings. The molecule has 15 heavy (non-hydrogen) atoms. The highest BCUT2D eigenvalue weighted by molar-refractivity contribution is 9.11. The minimum Gasteiger partial charge on any atom is -0.207 e. The Morgan fingerprint density at radius 2 is 2.27 bits per heavy atom. The second-order valence-electron chi connectivity index (χ2n) is 3.63. The van der Waals surface area contributed by atoms with Crippen molar-refractivity contribution < 1.29 is 8.42 Å². The van der Waals surface area contributed by atoms with Gasteiger partial charge in [0.15, 0.2) is 0 Å². The molecular formula is C8H9BrClNO2S2. The molecule has 0 aromatic carbocycles. The molecule has 1 aliphatic rings. The summed E-state index contributed by atoms with van der Waals surface area (Å²) in [4.78, 5) is 0. The van der Waals surface area contributed by atoms with E-state index in [1.165, 1.54) is 6.07 Å². The summed E-state index contributed by atoms with van der Waals surface area (Å²) in [6, 6.07) is 1.56. The molecule has 0 radical (unpaired) electrons. The minimum atomic E-state index is -3.38. The van der Waals surface area contributed by atoms with Gasteiger partial charge in [0.25, 0.3) is 0 Å². The van der Waals surface area contributed by atoms with Crippen molar-refractivity contribution in [1.29, 1.82) is 0 Å². The minimum absolute atomic E-state index is 0.0923. The molecule has 0 aliphatic heterocycles. The number of hydrogen-bond donors (Lipinski definition) is 1. The van der Waals surface area contributed by atoms with Crippen molar-refractivity contribution in [3.05, 3.63) is 14.9 Å². The van der Waals surface area contributed by atoms with E-state index in [0.29, 0.717) is 14.7 Å². The van der Waals surface area contributed by atoms with Crippen LogP contribution in [-0.2, 0) is 10.0 Å². The lowest BCUT2D eigenvalue weighted by Crippen LogP contribution is -2.26. The molecule has 0 saturated heterocycles. The van der Waals surface area contributed by atoms with Crippen molar-refractivity contribution in [2.24, 2.45) is 5.92 Å². The maximum Gasteiger partial charge on any atom is 0.250 e. The Morgan fingerprint density at radius 3 is 2.67 bits per heavy atom. The average Bonchev–Trinajstić information content (AvgIpc) is 2.66. The Kier molecular flexibility index (Phi) is 3.16. The molecule has 2 unspecified atom stereocenters. The molecule has 0 amide bonds. The molecule has 1 aliphatic carbocycles. The first-order valence-electron chi connectivity index (χ1n) is 4.37. The summed E-state index contributed by atoms with van der Waals surface area (Å²) in [5.41, 5.74) is 0. The maximum absolute atomic E-state index is 11.8. The molecular weight excluding hydrogens is 322 g/mol. The highest BCUT2D eigenvalue weighted by Gasteiger charge is 2.37. The van der Waals surface area contributed by atoms with E-state index in [4.69, 9.17) is 11.6 Å². The van der Waals surface area contributed by atoms with Gasteiger partial charge in [0.2, 0.25) is 10.0 Å². The fourth-order valence-corrected chi connectivity index (χ4v) is 4.98. The summed E-state index contributed by atoms with van der Waals surface area (Å²) in [7, 11) is -3.38. The van der Waals surface area contributed by atoms with Gasteiger partial charge in [-0.25, -0.2) is 13.1 Å². The van der Waals surface area contributed by atoms with Crippen LogP contribution >= 0.6 is 38.9 Å². The molecule has 1 N–H and O–H groups in total. The predicted octanol–water partition coefficient (Wildman–Crippen LogP) is 2.85. The molecule has 3 nitrogen and oxygen atoms in total. The van der Waals surface area contributed by atoms with Gasteiger partial charge in [0, 0.05) is 6.04 Å². The third kappa shape index (κ3) is 2.55. The van der Waals surface area contributed by atoms with Crippen LogP contribution in [0.5, 0.6) is 0 Å². The fourth-order valence-electron chi connectivity index (χ4n) is 1.20. The first kappa shape index (κ1) is 11.9. The number of rotatable bonds is 3. The summed E-state index contributed by atoms with van der Waals surface area (Å²) in [5.74, 6) is 0.443. The summed E-state index contributed by atoms with van der Waals surface area (Å²) in [6.07, 6.45) is 0.916. The first-order valence-corrected chi connectivity index (χ1v) is 7.84. The largest absolute Gasteiger partial charge is 0.250 e. The molecule has 1 heterocycles. The second kappa shape index (κ2) is 4.00. The van der Waals surface area contributed by atoms with E-state index in [9.17, 15) is 8.42 Å². The number of nitrogens with one attached hydrogen (secondary N) is 1. The van der Waals surface area contributed by atoms with E-state index in [1.54, 1.807) is 0 Å². The molecule has 0 bridgehead atoms. The molecule has 7 heteroatoms. The quantitative estimate of drug-likeness (QED) is 0.926. The van der Waals surface area contributed by atoms with E-state index in [0.717, 1.165) is 17.8 Å². The lowest BCUT2D eigenvalue weighted by Gasteiger charge is -2.01. The third-order valence-electron chi connectivity index (χ3n) is 2.30. The van der Waals surface area contributed by atoms with Gasteiger partial charge in [0.05, 0.1) is 8.81 Å². The zero-order valence-corrected chi connectivity index (χ0v) is 11.8. The highest BCUT2D eigenvalue weighted by atomic mass is 79.9. The molecule has 1 saturated carbocycles. The van der Waals surface area contributed by atoms with Crippen LogP contribution in [0.3, 0.4) is 0 Å². The van der Waals surface area contributed by atoms with Crippen molar-refractivity contribution >= 4 is 48.9 Å². The van der Waals surface area contributed by atoms with Gasteiger partial charge in [-0.05, 0) is 34.3 Å². The van der Waals surface area contributed by atoms with Crippen LogP contribution in [0.2, 0.25) is 5.02 Å². The van der Waals surface area contributed by atoms with Gasteiger partial charge in [-0.3, -0.25) is 0 Å². The fraction of sp³-hybridized carbons (Fsp3) is 0.500. The monoisotopic (exact) mass is 329 g/mol. The molecule has 2 atom stereocenters. The number of sulfonamides is 1. The van der Waals surface area contributed by atoms with Crippen molar-refractivity contribution in [2.75, 3.05) is 0 Å². The van der Waals surface area contributed by atoms with E-state index in [2.05, 4.69) is 20.7 Å². The lowest BCUT2D eigenvalue weighted by atomic mass is 10.5. The normalized spacial score (nSPS) is 25.5. The van der Waals surface area contributed by atoms with Crippen molar-refractivity contribution in [3.63, 3.8) is 0 Å². The van der Waals surface area contributed by atoms with Gasteiger partial charge in [-0.1, -0.05) is 18.5 Å². The van der Waals surface area contributed by atoms with Crippen molar-refractivity contribution in [3.8, 4) is 0 Å². The number of halogens is 2. The number of hydrogen-bond acceptors (Lipinski definition) is 3. The standard InChI is InChI=1S/C8H9BrClNO2S2/c1-4-2-6(4)11-15(12,13)7-3-5(10)8(9)14-7/h3-4,6,11H,2H2,1H3. The van der Waals surface area contributed by atoms with Crippen LogP contribution in [-0.4, -0.2) is 14.5 Å². The van der Waals surface area contributed by atoms with Crippen LogP contribution in [0.15, 0.2) is 14.1 Å². The van der Waals surface area contributed by atoms with Gasteiger partial charge in [-0.15, -0.1) is 11.3 Å². The number of thiophene rings is 1. The van der Waals surface area contributed by atoms with E-state index in [1.807, 2.05) is 6.92 Å². The molecule has 84 valence electrons. The maximum atomic E-state index is 11.8.